The second-order valence-corrected chi connectivity index (χ2v) is 22.5. The fraction of sp³-hybridized carbons (Fsp3) is 0.821. The summed E-state index contributed by atoms with van der Waals surface area (Å²) < 4.78 is 17.6. The van der Waals surface area contributed by atoms with Gasteiger partial charge in [0.05, 0.1) is 25.4 Å². The van der Waals surface area contributed by atoms with Crippen LogP contribution < -0.4 is 5.32 Å². The lowest BCUT2D eigenvalue weighted by molar-refractivity contribution is -0.305. The zero-order chi connectivity index (χ0) is 56.8. The summed E-state index contributed by atoms with van der Waals surface area (Å²) in [6.45, 7) is 5.75. The minimum absolute atomic E-state index is 0.118. The van der Waals surface area contributed by atoms with Crippen molar-refractivity contribution in [2.45, 2.75) is 339 Å². The molecule has 1 amide bonds. The highest BCUT2D eigenvalue weighted by Crippen LogP contribution is 2.26. The lowest BCUT2D eigenvalue weighted by atomic mass is 9.99. The maximum absolute atomic E-state index is 13.4. The van der Waals surface area contributed by atoms with Gasteiger partial charge in [-0.15, -0.1) is 0 Å². The fourth-order valence-electron chi connectivity index (χ4n) is 9.95. The molecular weight excluding hydrogens is 979 g/mol. The van der Waals surface area contributed by atoms with E-state index in [0.717, 1.165) is 83.5 Å². The van der Waals surface area contributed by atoms with Crippen LogP contribution in [0.5, 0.6) is 0 Å². The van der Waals surface area contributed by atoms with Crippen LogP contribution in [0.4, 0.5) is 0 Å². The van der Waals surface area contributed by atoms with E-state index >= 15 is 0 Å². The first-order chi connectivity index (χ1) is 38.2. The number of rotatable bonds is 55. The van der Waals surface area contributed by atoms with Crippen LogP contribution in [0, 0.1) is 0 Å². The number of nitrogens with one attached hydrogen (secondary N) is 1. The summed E-state index contributed by atoms with van der Waals surface area (Å²) in [6, 6.07) is -1.03. The van der Waals surface area contributed by atoms with E-state index in [9.17, 15) is 35.1 Å². The molecule has 8 atom stereocenters. The molecular formula is C67H121NO10. The summed E-state index contributed by atoms with van der Waals surface area (Å²) in [6.07, 6.45) is 58.2. The number of carbonyl (C=O) groups excluding carboxylic acids is 2. The molecule has 8 unspecified atom stereocenters. The van der Waals surface area contributed by atoms with Crippen LogP contribution in [-0.2, 0) is 23.8 Å². The lowest BCUT2D eigenvalue weighted by Crippen LogP contribution is -2.61. The third kappa shape index (κ3) is 42.2. The van der Waals surface area contributed by atoms with Crippen molar-refractivity contribution < 1.29 is 49.3 Å². The van der Waals surface area contributed by atoms with Gasteiger partial charge < -0.3 is 45.1 Å². The van der Waals surface area contributed by atoms with E-state index in [2.05, 4.69) is 74.7 Å². The van der Waals surface area contributed by atoms with Crippen LogP contribution >= 0.6 is 0 Å². The Labute approximate surface area is 478 Å². The Morgan fingerprint density at radius 1 is 0.500 bits per heavy atom. The Kier molecular flexibility index (Phi) is 51.7. The number of ether oxygens (including phenoxy) is 3. The molecule has 0 saturated carbocycles. The molecule has 11 nitrogen and oxygen atoms in total. The number of hydrogen-bond acceptors (Lipinski definition) is 10. The summed E-state index contributed by atoms with van der Waals surface area (Å²) in [7, 11) is 0. The van der Waals surface area contributed by atoms with Crippen LogP contribution in [-0.4, -0.2) is 99.6 Å². The zero-order valence-electron chi connectivity index (χ0n) is 50.3. The van der Waals surface area contributed by atoms with Gasteiger partial charge in [-0.05, 0) is 89.9 Å². The Balaban J connectivity index is 2.65. The van der Waals surface area contributed by atoms with E-state index in [1.54, 1.807) is 6.08 Å². The predicted octanol–water partition coefficient (Wildman–Crippen LogP) is 15.8. The number of aliphatic hydroxyl groups excluding tert-OH is 5. The van der Waals surface area contributed by atoms with Gasteiger partial charge in [-0.3, -0.25) is 9.59 Å². The van der Waals surface area contributed by atoms with Gasteiger partial charge in [0, 0.05) is 6.42 Å². The molecule has 0 aromatic rings. The van der Waals surface area contributed by atoms with Crippen LogP contribution in [0.25, 0.3) is 0 Å². The molecule has 0 aromatic heterocycles. The maximum Gasteiger partial charge on any atom is 0.306 e. The van der Waals surface area contributed by atoms with Crippen molar-refractivity contribution in [1.29, 1.82) is 0 Å². The first-order valence-electron chi connectivity index (χ1n) is 32.6. The number of esters is 1. The Bertz CT molecular complexity index is 1500. The summed E-state index contributed by atoms with van der Waals surface area (Å²) >= 11 is 0. The molecule has 6 N–H and O–H groups in total. The minimum Gasteiger partial charge on any atom is -0.454 e. The number of amides is 1. The molecule has 1 heterocycles. The number of allylic oxidation sites excluding steroid dienone is 9. The highest BCUT2D eigenvalue weighted by Gasteiger charge is 2.47. The zero-order valence-corrected chi connectivity index (χ0v) is 50.3. The summed E-state index contributed by atoms with van der Waals surface area (Å²) in [5, 5.41) is 57.1. The number of unbranched alkanes of at least 4 members (excludes halogenated alkanes) is 33. The summed E-state index contributed by atoms with van der Waals surface area (Å²) in [4.78, 5) is 26.6. The SMILES string of the molecule is CCCCC/C=C\C/C=C\CCCCCCCCCCCC(=O)OC1C(OCC(NC(=O)C(O)CCCCCCCCCC/C=C\C/C=C\CCCCC)C(O)/C=C/CCCCCCCCCCCC)OC(CO)C(O)C1O. The Morgan fingerprint density at radius 2 is 0.885 bits per heavy atom. The van der Waals surface area contributed by atoms with Crippen molar-refractivity contribution in [3.63, 3.8) is 0 Å². The highest BCUT2D eigenvalue weighted by molar-refractivity contribution is 5.80. The van der Waals surface area contributed by atoms with E-state index in [1.807, 2.05) is 6.08 Å². The van der Waals surface area contributed by atoms with Crippen molar-refractivity contribution >= 4 is 11.9 Å². The second-order valence-electron chi connectivity index (χ2n) is 22.5. The topological polar surface area (TPSA) is 175 Å². The van der Waals surface area contributed by atoms with E-state index in [-0.39, 0.29) is 19.4 Å². The average molecular weight is 1100 g/mol. The number of hydrogen-bond donors (Lipinski definition) is 6. The smallest absolute Gasteiger partial charge is 0.306 e. The van der Waals surface area contributed by atoms with Gasteiger partial charge in [0.2, 0.25) is 5.91 Å². The molecule has 1 rings (SSSR count). The van der Waals surface area contributed by atoms with E-state index in [0.29, 0.717) is 12.8 Å². The Hall–Kier alpha value is -2.64. The summed E-state index contributed by atoms with van der Waals surface area (Å²) in [5.41, 5.74) is 0. The van der Waals surface area contributed by atoms with Gasteiger partial charge >= 0.3 is 5.97 Å². The number of aliphatic hydroxyl groups is 5. The molecule has 0 aromatic carbocycles. The van der Waals surface area contributed by atoms with Gasteiger partial charge in [-0.25, -0.2) is 0 Å². The molecule has 1 saturated heterocycles. The highest BCUT2D eigenvalue weighted by atomic mass is 16.7. The maximum atomic E-state index is 13.4. The molecule has 0 bridgehead atoms. The predicted molar refractivity (Wildman–Crippen MR) is 324 cm³/mol. The fourth-order valence-corrected chi connectivity index (χ4v) is 9.95. The molecule has 0 aliphatic carbocycles. The molecule has 1 fully saturated rings. The standard InChI is InChI=1S/C67H121NO10/c1-4-7-10-13-16-19-22-25-27-29-31-33-35-37-40-43-46-49-52-55-62(72)78-65-64(74)63(73)61(56-69)77-67(65)76-57-58(59(70)53-50-47-44-41-38-24-21-18-15-12-9-6-3)68-66(75)60(71)54-51-48-45-42-39-36-34-32-30-28-26-23-20-17-14-11-8-5-2/h16-17,19-20,25-28,50,53,58-61,63-65,67,69-71,73-74H,4-15,18,21-24,29-49,51-52,54-57H2,1-3H3,(H,68,75)/b19-16-,20-17-,27-25-,28-26-,53-50+. The second kappa shape index (κ2) is 54.9. The number of carbonyl (C=O) groups is 2. The first-order valence-corrected chi connectivity index (χ1v) is 32.6. The van der Waals surface area contributed by atoms with Crippen molar-refractivity contribution in [3.05, 3.63) is 60.8 Å². The largest absolute Gasteiger partial charge is 0.454 e. The third-order valence-electron chi connectivity index (χ3n) is 15.1. The normalized spacial score (nSPS) is 19.3. The van der Waals surface area contributed by atoms with Gasteiger partial charge in [-0.1, -0.05) is 255 Å². The molecule has 1 aliphatic rings. The molecule has 11 heteroatoms. The monoisotopic (exact) mass is 1100 g/mol. The first kappa shape index (κ1) is 73.4. The van der Waals surface area contributed by atoms with Crippen molar-refractivity contribution in [3.8, 4) is 0 Å². The van der Waals surface area contributed by atoms with E-state index < -0.39 is 67.4 Å². The molecule has 0 spiro atoms. The van der Waals surface area contributed by atoms with Crippen LogP contribution in [0.2, 0.25) is 0 Å². The van der Waals surface area contributed by atoms with Crippen molar-refractivity contribution in [2.75, 3.05) is 13.2 Å². The molecule has 454 valence electrons. The molecule has 78 heavy (non-hydrogen) atoms. The van der Waals surface area contributed by atoms with Crippen LogP contribution in [0.15, 0.2) is 60.8 Å². The quantitative estimate of drug-likeness (QED) is 0.0195. The third-order valence-corrected chi connectivity index (χ3v) is 15.1. The van der Waals surface area contributed by atoms with Gasteiger partial charge in [0.15, 0.2) is 12.4 Å². The van der Waals surface area contributed by atoms with E-state index in [1.165, 1.54) is 161 Å². The van der Waals surface area contributed by atoms with Gasteiger partial charge in [-0.2, -0.15) is 0 Å². The Morgan fingerprint density at radius 3 is 1.33 bits per heavy atom. The van der Waals surface area contributed by atoms with Crippen molar-refractivity contribution in [1.82, 2.24) is 5.32 Å². The van der Waals surface area contributed by atoms with Gasteiger partial charge in [0.25, 0.3) is 0 Å². The molecule has 0 radical (unpaired) electrons. The van der Waals surface area contributed by atoms with Crippen molar-refractivity contribution in [2.24, 2.45) is 0 Å². The van der Waals surface area contributed by atoms with Crippen LogP contribution in [0.3, 0.4) is 0 Å². The molecule has 1 aliphatic heterocycles. The minimum atomic E-state index is -1.62. The van der Waals surface area contributed by atoms with Gasteiger partial charge in [0.1, 0.15) is 24.4 Å². The average Bonchev–Trinajstić information content (AvgIpc) is 3.45. The summed E-state index contributed by atoms with van der Waals surface area (Å²) in [5.74, 6) is -1.20. The van der Waals surface area contributed by atoms with E-state index in [4.69, 9.17) is 14.2 Å². The lowest BCUT2D eigenvalue weighted by Gasteiger charge is -2.41. The van der Waals surface area contributed by atoms with Crippen LogP contribution in [0.1, 0.15) is 290 Å².